The molecular weight excluding hydrogens is 569 g/mol. The van der Waals surface area contributed by atoms with Crippen LogP contribution in [0.15, 0.2) is 48.5 Å². The van der Waals surface area contributed by atoms with Gasteiger partial charge in [0.15, 0.2) is 11.5 Å². The van der Waals surface area contributed by atoms with Crippen LogP contribution in [0.1, 0.15) is 28.5 Å². The first-order valence-electron chi connectivity index (χ1n) is 12.4. The van der Waals surface area contributed by atoms with Crippen molar-refractivity contribution in [1.82, 2.24) is 10.3 Å². The Hall–Kier alpha value is -4.46. The van der Waals surface area contributed by atoms with Crippen molar-refractivity contribution in [2.24, 2.45) is 5.73 Å². The van der Waals surface area contributed by atoms with Crippen LogP contribution in [-0.2, 0) is 15.8 Å². The lowest BCUT2D eigenvalue weighted by Gasteiger charge is -2.31. The molecule has 0 fully saturated rings. The van der Waals surface area contributed by atoms with Crippen LogP contribution in [0.2, 0.25) is 0 Å². The number of pyridine rings is 1. The average Bonchev–Trinajstić information content (AvgIpc) is 3.31. The molecule has 224 valence electrons. The number of halogens is 5. The van der Waals surface area contributed by atoms with Gasteiger partial charge in [0, 0.05) is 16.7 Å². The number of methoxy groups -OCH3 is 1. The Kier molecular flexibility index (Phi) is 8.30. The number of hydrogen-bond acceptors (Lipinski definition) is 7. The zero-order valence-electron chi connectivity index (χ0n) is 22.4. The van der Waals surface area contributed by atoms with Crippen molar-refractivity contribution in [3.05, 3.63) is 71.2 Å². The third-order valence-corrected chi connectivity index (χ3v) is 6.89. The highest BCUT2D eigenvalue weighted by molar-refractivity contribution is 5.95. The molecule has 4 rings (SSSR count). The number of fused-ring (bicyclic) bond motifs is 1. The van der Waals surface area contributed by atoms with Gasteiger partial charge in [-0.1, -0.05) is 0 Å². The van der Waals surface area contributed by atoms with Gasteiger partial charge in [-0.3, -0.25) is 9.59 Å². The van der Waals surface area contributed by atoms with Gasteiger partial charge in [0.1, 0.15) is 42.6 Å². The predicted octanol–water partition coefficient (Wildman–Crippen LogP) is 3.56. The molecule has 0 saturated carbocycles. The molecule has 9 nitrogen and oxygen atoms in total. The summed E-state index contributed by atoms with van der Waals surface area (Å²) in [6.45, 7) is -1.41. The SMILES string of the molecule is COc1cc(C(=O)NCC(O)(c2cc3c(c(-c4ccc(F)cc4)n2)OC[C@]3(C)C(N)=O)C(F)(F)F)ccc1OCCF. The van der Waals surface area contributed by atoms with Crippen LogP contribution in [0.3, 0.4) is 0 Å². The van der Waals surface area contributed by atoms with Gasteiger partial charge in [-0.05, 0) is 55.5 Å². The molecule has 2 heterocycles. The van der Waals surface area contributed by atoms with E-state index < -0.39 is 53.7 Å². The molecule has 1 aromatic heterocycles. The Labute approximate surface area is 236 Å². The van der Waals surface area contributed by atoms with Crippen LogP contribution in [0.4, 0.5) is 22.0 Å². The van der Waals surface area contributed by atoms with Crippen molar-refractivity contribution in [1.29, 1.82) is 0 Å². The number of benzene rings is 2. The van der Waals surface area contributed by atoms with E-state index in [9.17, 15) is 36.6 Å². The molecule has 0 saturated heterocycles. The fourth-order valence-electron chi connectivity index (χ4n) is 4.33. The minimum atomic E-state index is -5.38. The van der Waals surface area contributed by atoms with Crippen molar-refractivity contribution >= 4 is 11.8 Å². The smallest absolute Gasteiger partial charge is 0.424 e. The fraction of sp³-hybridized carbons (Fsp3) is 0.321. The maximum atomic E-state index is 14.5. The van der Waals surface area contributed by atoms with Crippen molar-refractivity contribution < 1.29 is 50.9 Å². The molecule has 14 heteroatoms. The third kappa shape index (κ3) is 5.53. The topological polar surface area (TPSA) is 133 Å². The number of nitrogens with one attached hydrogen (secondary N) is 1. The van der Waals surface area contributed by atoms with Crippen LogP contribution in [-0.4, -0.2) is 61.6 Å². The van der Waals surface area contributed by atoms with Crippen molar-refractivity contribution in [3.63, 3.8) is 0 Å². The number of primary amides is 1. The van der Waals surface area contributed by atoms with E-state index in [1.54, 1.807) is 0 Å². The Balaban J connectivity index is 1.76. The lowest BCUT2D eigenvalue weighted by Crippen LogP contribution is -2.51. The summed E-state index contributed by atoms with van der Waals surface area (Å²) in [6.07, 6.45) is -5.38. The third-order valence-electron chi connectivity index (χ3n) is 6.89. The highest BCUT2D eigenvalue weighted by Gasteiger charge is 2.57. The molecule has 3 aromatic rings. The lowest BCUT2D eigenvalue weighted by atomic mass is 9.81. The van der Waals surface area contributed by atoms with Crippen LogP contribution < -0.4 is 25.3 Å². The average molecular weight is 596 g/mol. The molecule has 2 aromatic carbocycles. The highest BCUT2D eigenvalue weighted by Crippen LogP contribution is 2.47. The van der Waals surface area contributed by atoms with Crippen molar-refractivity contribution in [2.75, 3.05) is 33.5 Å². The minimum absolute atomic E-state index is 0.0251. The first-order valence-corrected chi connectivity index (χ1v) is 12.4. The Morgan fingerprint density at radius 2 is 1.83 bits per heavy atom. The van der Waals surface area contributed by atoms with Gasteiger partial charge in [-0.2, -0.15) is 13.2 Å². The van der Waals surface area contributed by atoms with Gasteiger partial charge in [0.2, 0.25) is 11.5 Å². The van der Waals surface area contributed by atoms with E-state index >= 15 is 0 Å². The fourth-order valence-corrected chi connectivity index (χ4v) is 4.33. The van der Waals surface area contributed by atoms with Crippen LogP contribution >= 0.6 is 0 Å². The summed E-state index contributed by atoms with van der Waals surface area (Å²) in [7, 11) is 1.25. The number of amides is 2. The van der Waals surface area contributed by atoms with E-state index in [1.165, 1.54) is 44.4 Å². The minimum Gasteiger partial charge on any atom is -0.493 e. The summed E-state index contributed by atoms with van der Waals surface area (Å²) < 4.78 is 85.6. The summed E-state index contributed by atoms with van der Waals surface area (Å²) >= 11 is 0. The monoisotopic (exact) mass is 595 g/mol. The number of aliphatic hydroxyl groups is 1. The van der Waals surface area contributed by atoms with Gasteiger partial charge in [0.05, 0.1) is 19.3 Å². The molecule has 1 aliphatic rings. The Bertz CT molecular complexity index is 1500. The molecule has 0 radical (unpaired) electrons. The number of ether oxygens (including phenoxy) is 3. The maximum absolute atomic E-state index is 14.5. The summed E-state index contributed by atoms with van der Waals surface area (Å²) in [5, 5.41) is 13.2. The van der Waals surface area contributed by atoms with Gasteiger partial charge in [0.25, 0.3) is 5.91 Å². The standard InChI is InChI=1S/C28H26F5N3O6/c1-26(25(34)38)14-42-23-18(26)12-21(36-22(23)15-3-6-17(30)7-4-15)27(39,28(31,32)33)13-35-24(37)16-5-8-19(41-10-9-29)20(11-16)40-2/h3-8,11-12,39H,9-10,13-14H2,1-2H3,(H2,34,38)(H,35,37)/t26-,27?/m0/s1. The second-order valence-corrected chi connectivity index (χ2v) is 9.67. The van der Waals surface area contributed by atoms with Crippen molar-refractivity contribution in [3.8, 4) is 28.5 Å². The van der Waals surface area contributed by atoms with E-state index in [4.69, 9.17) is 19.9 Å². The summed E-state index contributed by atoms with van der Waals surface area (Å²) in [5.41, 5.74) is -1.02. The zero-order chi connectivity index (χ0) is 30.9. The molecule has 0 spiro atoms. The molecule has 0 aliphatic carbocycles. The van der Waals surface area contributed by atoms with Gasteiger partial charge >= 0.3 is 6.18 Å². The van der Waals surface area contributed by atoms with E-state index in [1.807, 2.05) is 0 Å². The molecule has 1 aliphatic heterocycles. The molecular formula is C28H26F5N3O6. The number of carbonyl (C=O) groups excluding carboxylic acids is 2. The number of alkyl halides is 4. The molecule has 2 amide bonds. The largest absolute Gasteiger partial charge is 0.493 e. The molecule has 2 atom stereocenters. The highest BCUT2D eigenvalue weighted by atomic mass is 19.4. The van der Waals surface area contributed by atoms with Crippen LogP contribution in [0.25, 0.3) is 11.3 Å². The normalized spacial score (nSPS) is 17.5. The zero-order valence-corrected chi connectivity index (χ0v) is 22.4. The second-order valence-electron chi connectivity index (χ2n) is 9.67. The predicted molar refractivity (Wildman–Crippen MR) is 138 cm³/mol. The van der Waals surface area contributed by atoms with Crippen LogP contribution in [0.5, 0.6) is 17.2 Å². The number of carbonyl (C=O) groups is 2. The van der Waals surface area contributed by atoms with Crippen LogP contribution in [0, 0.1) is 5.82 Å². The summed E-state index contributed by atoms with van der Waals surface area (Å²) in [6, 6.07) is 9.12. The lowest BCUT2D eigenvalue weighted by molar-refractivity contribution is -0.265. The van der Waals surface area contributed by atoms with Gasteiger partial charge in [-0.25, -0.2) is 13.8 Å². The molecule has 42 heavy (non-hydrogen) atoms. The number of rotatable bonds is 10. The summed E-state index contributed by atoms with van der Waals surface area (Å²) in [4.78, 5) is 29.2. The number of nitrogens with two attached hydrogens (primary N) is 1. The van der Waals surface area contributed by atoms with Gasteiger partial charge in [-0.15, -0.1) is 0 Å². The second kappa shape index (κ2) is 11.4. The van der Waals surface area contributed by atoms with Gasteiger partial charge < -0.3 is 30.4 Å². The Morgan fingerprint density at radius 1 is 1.14 bits per heavy atom. The number of hydrogen-bond donors (Lipinski definition) is 3. The Morgan fingerprint density at radius 3 is 2.43 bits per heavy atom. The van der Waals surface area contributed by atoms with E-state index in [-0.39, 0.29) is 52.8 Å². The number of aromatic nitrogens is 1. The van der Waals surface area contributed by atoms with E-state index in [0.29, 0.717) is 0 Å². The van der Waals surface area contributed by atoms with Crippen molar-refractivity contribution in [2.45, 2.75) is 24.1 Å². The maximum Gasteiger partial charge on any atom is 0.424 e. The molecule has 0 bridgehead atoms. The summed E-state index contributed by atoms with van der Waals surface area (Å²) in [5.74, 6) is -2.46. The quantitative estimate of drug-likeness (QED) is 0.306. The van der Waals surface area contributed by atoms with E-state index in [2.05, 4.69) is 10.3 Å². The first kappa shape index (κ1) is 30.5. The van der Waals surface area contributed by atoms with E-state index in [0.717, 1.165) is 18.2 Å². The molecule has 4 N–H and O–H groups in total. The molecule has 1 unspecified atom stereocenters. The first-order chi connectivity index (χ1) is 19.7. The number of nitrogens with zero attached hydrogens (tertiary/aromatic N) is 1.